The normalized spacial score (nSPS) is 14.0. The topological polar surface area (TPSA) is 49.4 Å². The zero-order valence-corrected chi connectivity index (χ0v) is 14.2. The van der Waals surface area contributed by atoms with Crippen LogP contribution in [0.2, 0.25) is 0 Å². The molecule has 2 amide bonds. The molecule has 0 saturated carbocycles. The highest BCUT2D eigenvalue weighted by Gasteiger charge is 2.13. The second kappa shape index (κ2) is 9.21. The number of carbonyl (C=O) groups is 2. The minimum atomic E-state index is -0.390. The summed E-state index contributed by atoms with van der Waals surface area (Å²) in [5.74, 6) is -0.632. The molecule has 0 heterocycles. The number of rotatable bonds is 7. The second-order valence-corrected chi connectivity index (χ2v) is 6.17. The number of carbonyl (C=O) groups excluding carboxylic acids is 2. The van der Waals surface area contributed by atoms with E-state index < -0.39 is 0 Å². The largest absolute Gasteiger partial charge is 0.342 e. The maximum Gasteiger partial charge on any atom is 0.226 e. The molecule has 1 aromatic rings. The molecule has 0 saturated heterocycles. The van der Waals surface area contributed by atoms with E-state index in [1.807, 2.05) is 0 Å². The lowest BCUT2D eigenvalue weighted by atomic mass is 9.97. The fourth-order valence-electron chi connectivity index (χ4n) is 2.86. The summed E-state index contributed by atoms with van der Waals surface area (Å²) < 4.78 is 13.1. The molecular formula is C19H25FN2O2. The van der Waals surface area contributed by atoms with Gasteiger partial charge in [-0.25, -0.2) is 4.39 Å². The number of allylic oxidation sites excluding steroid dienone is 1. The molecule has 2 rings (SSSR count). The molecule has 0 aliphatic heterocycles. The van der Waals surface area contributed by atoms with E-state index >= 15 is 0 Å². The van der Waals surface area contributed by atoms with Gasteiger partial charge in [0, 0.05) is 32.1 Å². The SMILES string of the molecule is CC(=O)N(CCC(=O)Nc1cccc(F)c1)CCC1=CCCCC1. The lowest BCUT2D eigenvalue weighted by molar-refractivity contribution is -0.129. The van der Waals surface area contributed by atoms with Gasteiger partial charge in [-0.1, -0.05) is 17.7 Å². The van der Waals surface area contributed by atoms with Gasteiger partial charge < -0.3 is 10.2 Å². The van der Waals surface area contributed by atoms with Gasteiger partial charge in [-0.05, 0) is 50.3 Å². The lowest BCUT2D eigenvalue weighted by Crippen LogP contribution is -2.33. The molecule has 4 nitrogen and oxygen atoms in total. The molecule has 0 aromatic heterocycles. The van der Waals surface area contributed by atoms with Crippen LogP contribution < -0.4 is 5.32 Å². The Kier molecular flexibility index (Phi) is 6.97. The molecule has 1 aromatic carbocycles. The highest BCUT2D eigenvalue weighted by Crippen LogP contribution is 2.20. The average Bonchev–Trinajstić information content (AvgIpc) is 2.55. The minimum absolute atomic E-state index is 0.0232. The minimum Gasteiger partial charge on any atom is -0.342 e. The molecule has 0 spiro atoms. The van der Waals surface area contributed by atoms with E-state index in [-0.39, 0.29) is 24.1 Å². The van der Waals surface area contributed by atoms with Gasteiger partial charge in [0.2, 0.25) is 11.8 Å². The van der Waals surface area contributed by atoms with Crippen LogP contribution in [-0.4, -0.2) is 29.8 Å². The van der Waals surface area contributed by atoms with E-state index in [1.165, 1.54) is 37.5 Å². The molecule has 1 aliphatic carbocycles. The number of anilines is 1. The van der Waals surface area contributed by atoms with Crippen molar-refractivity contribution in [2.75, 3.05) is 18.4 Å². The summed E-state index contributed by atoms with van der Waals surface area (Å²) in [6, 6.07) is 5.78. The van der Waals surface area contributed by atoms with Crippen molar-refractivity contribution >= 4 is 17.5 Å². The van der Waals surface area contributed by atoms with Gasteiger partial charge in [0.25, 0.3) is 0 Å². The van der Waals surface area contributed by atoms with Gasteiger partial charge in [-0.3, -0.25) is 9.59 Å². The summed E-state index contributed by atoms with van der Waals surface area (Å²) in [5, 5.41) is 2.65. The molecular weight excluding hydrogens is 307 g/mol. The first-order valence-corrected chi connectivity index (χ1v) is 8.53. The number of nitrogens with one attached hydrogen (secondary N) is 1. The van der Waals surface area contributed by atoms with Crippen molar-refractivity contribution in [3.8, 4) is 0 Å². The third-order valence-electron chi connectivity index (χ3n) is 4.25. The molecule has 5 heteroatoms. The summed E-state index contributed by atoms with van der Waals surface area (Å²) in [4.78, 5) is 25.4. The van der Waals surface area contributed by atoms with Crippen molar-refractivity contribution in [1.82, 2.24) is 4.90 Å². The van der Waals surface area contributed by atoms with E-state index in [9.17, 15) is 14.0 Å². The van der Waals surface area contributed by atoms with Crippen molar-refractivity contribution in [3.05, 3.63) is 41.7 Å². The van der Waals surface area contributed by atoms with E-state index in [1.54, 1.807) is 17.0 Å². The van der Waals surface area contributed by atoms with Crippen LogP contribution in [0.3, 0.4) is 0 Å². The molecule has 1 aliphatic rings. The van der Waals surface area contributed by atoms with Gasteiger partial charge >= 0.3 is 0 Å². The van der Waals surface area contributed by atoms with Gasteiger partial charge in [-0.2, -0.15) is 0 Å². The molecule has 0 bridgehead atoms. The number of hydrogen-bond acceptors (Lipinski definition) is 2. The Morgan fingerprint density at radius 3 is 2.75 bits per heavy atom. The van der Waals surface area contributed by atoms with Crippen molar-refractivity contribution in [2.24, 2.45) is 0 Å². The number of halogens is 1. The monoisotopic (exact) mass is 332 g/mol. The second-order valence-electron chi connectivity index (χ2n) is 6.17. The van der Waals surface area contributed by atoms with Crippen LogP contribution in [0.4, 0.5) is 10.1 Å². The number of amides is 2. The molecule has 0 fully saturated rings. The Labute approximate surface area is 142 Å². The summed E-state index contributed by atoms with van der Waals surface area (Å²) in [6.45, 7) is 2.55. The quantitative estimate of drug-likeness (QED) is 0.770. The molecule has 24 heavy (non-hydrogen) atoms. The van der Waals surface area contributed by atoms with Crippen LogP contribution in [0.5, 0.6) is 0 Å². The van der Waals surface area contributed by atoms with E-state index in [4.69, 9.17) is 0 Å². The van der Waals surface area contributed by atoms with E-state index in [2.05, 4.69) is 11.4 Å². The van der Waals surface area contributed by atoms with Gasteiger partial charge in [0.05, 0.1) is 0 Å². The first kappa shape index (κ1) is 18.2. The van der Waals surface area contributed by atoms with Crippen LogP contribution >= 0.6 is 0 Å². The Balaban J connectivity index is 1.78. The number of benzene rings is 1. The third-order valence-corrected chi connectivity index (χ3v) is 4.25. The zero-order chi connectivity index (χ0) is 17.4. The molecule has 130 valence electrons. The van der Waals surface area contributed by atoms with Crippen molar-refractivity contribution < 1.29 is 14.0 Å². The van der Waals surface area contributed by atoms with Crippen LogP contribution in [0.1, 0.15) is 45.4 Å². The van der Waals surface area contributed by atoms with Crippen molar-refractivity contribution in [2.45, 2.75) is 45.4 Å². The third kappa shape index (κ3) is 6.14. The first-order chi connectivity index (χ1) is 11.5. The van der Waals surface area contributed by atoms with Crippen LogP contribution in [0.25, 0.3) is 0 Å². The Hall–Kier alpha value is -2.17. The fourth-order valence-corrected chi connectivity index (χ4v) is 2.86. The summed E-state index contributed by atoms with van der Waals surface area (Å²) in [7, 11) is 0. The highest BCUT2D eigenvalue weighted by atomic mass is 19.1. The number of hydrogen-bond donors (Lipinski definition) is 1. The van der Waals surface area contributed by atoms with Gasteiger partial charge in [-0.15, -0.1) is 0 Å². The van der Waals surface area contributed by atoms with Crippen LogP contribution in [0, 0.1) is 5.82 Å². The Morgan fingerprint density at radius 1 is 1.25 bits per heavy atom. The summed E-state index contributed by atoms with van der Waals surface area (Å²) in [6.07, 6.45) is 8.08. The first-order valence-electron chi connectivity index (χ1n) is 8.53. The maximum atomic E-state index is 13.1. The maximum absolute atomic E-state index is 13.1. The standard InChI is InChI=1S/C19H25FN2O2/c1-15(23)22(12-10-16-6-3-2-4-7-16)13-11-19(24)21-18-9-5-8-17(20)14-18/h5-6,8-9,14H,2-4,7,10-13H2,1H3,(H,21,24). The van der Waals surface area contributed by atoms with E-state index in [0.717, 1.165) is 19.3 Å². The molecule has 0 unspecified atom stereocenters. The molecule has 0 atom stereocenters. The average molecular weight is 332 g/mol. The zero-order valence-electron chi connectivity index (χ0n) is 14.2. The summed E-state index contributed by atoms with van der Waals surface area (Å²) in [5.41, 5.74) is 1.85. The molecule has 1 N–H and O–H groups in total. The Morgan fingerprint density at radius 2 is 2.08 bits per heavy atom. The number of nitrogens with zero attached hydrogens (tertiary/aromatic N) is 1. The molecule has 0 radical (unpaired) electrons. The Bertz CT molecular complexity index is 613. The van der Waals surface area contributed by atoms with Crippen LogP contribution in [-0.2, 0) is 9.59 Å². The van der Waals surface area contributed by atoms with Crippen molar-refractivity contribution in [3.63, 3.8) is 0 Å². The van der Waals surface area contributed by atoms with Gasteiger partial charge in [0.15, 0.2) is 0 Å². The smallest absolute Gasteiger partial charge is 0.226 e. The van der Waals surface area contributed by atoms with Crippen LogP contribution in [0.15, 0.2) is 35.9 Å². The highest BCUT2D eigenvalue weighted by molar-refractivity contribution is 5.91. The fraction of sp³-hybridized carbons (Fsp3) is 0.474. The predicted molar refractivity (Wildman–Crippen MR) is 93.1 cm³/mol. The summed E-state index contributed by atoms with van der Waals surface area (Å²) >= 11 is 0. The van der Waals surface area contributed by atoms with E-state index in [0.29, 0.717) is 18.8 Å². The lowest BCUT2D eigenvalue weighted by Gasteiger charge is -2.22. The predicted octanol–water partition coefficient (Wildman–Crippen LogP) is 3.89. The van der Waals surface area contributed by atoms with Gasteiger partial charge in [0.1, 0.15) is 5.82 Å². The van der Waals surface area contributed by atoms with Crippen molar-refractivity contribution in [1.29, 1.82) is 0 Å².